The van der Waals surface area contributed by atoms with Crippen LogP contribution in [-0.4, -0.2) is 57.1 Å². The molecular weight excluding hydrogens is 502 g/mol. The molecular formula is C26H34ClN3O5S. The van der Waals surface area contributed by atoms with E-state index in [9.17, 15) is 19.5 Å². The van der Waals surface area contributed by atoms with E-state index in [1.165, 1.54) is 16.2 Å². The first kappa shape index (κ1) is 27.9. The molecule has 2 aromatic rings. The number of anilines is 1. The summed E-state index contributed by atoms with van der Waals surface area (Å²) in [5, 5.41) is 16.4. The number of thiazole rings is 1. The summed E-state index contributed by atoms with van der Waals surface area (Å²) in [4.78, 5) is 43.8. The van der Waals surface area contributed by atoms with Gasteiger partial charge >= 0.3 is 11.9 Å². The maximum atomic E-state index is 13.2. The molecule has 1 fully saturated rings. The molecule has 196 valence electrons. The third-order valence-electron chi connectivity index (χ3n) is 5.90. The molecule has 8 nitrogen and oxygen atoms in total. The average molecular weight is 536 g/mol. The fraction of sp³-hybridized carbons (Fsp3) is 0.538. The van der Waals surface area contributed by atoms with E-state index in [-0.39, 0.29) is 24.8 Å². The number of rotatable bonds is 11. The van der Waals surface area contributed by atoms with Crippen molar-refractivity contribution in [2.24, 2.45) is 0 Å². The minimum absolute atomic E-state index is 0.171. The van der Waals surface area contributed by atoms with E-state index in [1.807, 2.05) is 29.6 Å². The Hall–Kier alpha value is -2.65. The number of halogens is 1. The van der Waals surface area contributed by atoms with Crippen LogP contribution in [-0.2, 0) is 19.1 Å². The zero-order valence-electron chi connectivity index (χ0n) is 21.0. The Morgan fingerprint density at radius 1 is 1.25 bits per heavy atom. The van der Waals surface area contributed by atoms with Gasteiger partial charge < -0.3 is 20.1 Å². The molecule has 1 aromatic heterocycles. The maximum Gasteiger partial charge on any atom is 0.327 e. The monoisotopic (exact) mass is 535 g/mol. The van der Waals surface area contributed by atoms with Crippen LogP contribution in [0.5, 0.6) is 0 Å². The first-order valence-corrected chi connectivity index (χ1v) is 13.5. The van der Waals surface area contributed by atoms with E-state index in [0.717, 1.165) is 42.1 Å². The zero-order chi connectivity index (χ0) is 26.3. The quantitative estimate of drug-likeness (QED) is 0.284. The molecule has 1 unspecified atom stereocenters. The van der Waals surface area contributed by atoms with Crippen molar-refractivity contribution in [3.8, 4) is 11.3 Å². The summed E-state index contributed by atoms with van der Waals surface area (Å²) in [5.41, 5.74) is 0.911. The van der Waals surface area contributed by atoms with E-state index in [4.69, 9.17) is 16.3 Å². The Bertz CT molecular complexity index is 1060. The van der Waals surface area contributed by atoms with E-state index < -0.39 is 23.6 Å². The summed E-state index contributed by atoms with van der Waals surface area (Å²) in [6.07, 6.45) is 3.67. The number of nitrogens with zero attached hydrogens (tertiary/aromatic N) is 2. The van der Waals surface area contributed by atoms with Crippen LogP contribution < -0.4 is 5.32 Å². The second-order valence-corrected chi connectivity index (χ2v) is 11.2. The van der Waals surface area contributed by atoms with Crippen LogP contribution in [0.4, 0.5) is 5.13 Å². The summed E-state index contributed by atoms with van der Waals surface area (Å²) in [6, 6.07) is 6.09. The highest BCUT2D eigenvalue weighted by Gasteiger charge is 2.38. The van der Waals surface area contributed by atoms with Gasteiger partial charge in [0.25, 0.3) is 0 Å². The Morgan fingerprint density at radius 2 is 1.94 bits per heavy atom. The maximum absolute atomic E-state index is 13.2. The number of ether oxygens (including phenoxy) is 1. The van der Waals surface area contributed by atoms with E-state index in [2.05, 4.69) is 10.3 Å². The molecule has 0 aliphatic heterocycles. The van der Waals surface area contributed by atoms with Gasteiger partial charge in [-0.3, -0.25) is 9.59 Å². The van der Waals surface area contributed by atoms with Gasteiger partial charge in [-0.05, 0) is 46.1 Å². The van der Waals surface area contributed by atoms with Crippen LogP contribution in [0.15, 0.2) is 29.6 Å². The molecule has 1 amide bonds. The van der Waals surface area contributed by atoms with Crippen LogP contribution >= 0.6 is 22.9 Å². The highest BCUT2D eigenvalue weighted by Crippen LogP contribution is 2.31. The summed E-state index contributed by atoms with van der Waals surface area (Å²) in [6.45, 7) is 5.69. The van der Waals surface area contributed by atoms with Gasteiger partial charge in [-0.2, -0.15) is 0 Å². The lowest BCUT2D eigenvalue weighted by Crippen LogP contribution is -2.51. The van der Waals surface area contributed by atoms with Crippen molar-refractivity contribution in [2.45, 2.75) is 83.4 Å². The van der Waals surface area contributed by atoms with Gasteiger partial charge in [0.2, 0.25) is 5.91 Å². The number of carbonyl (C=O) groups is 3. The average Bonchev–Trinajstić information content (AvgIpc) is 3.48. The molecule has 3 rings (SSSR count). The lowest BCUT2D eigenvalue weighted by molar-refractivity contribution is -0.163. The number of carboxylic acid groups (broad SMARTS) is 1. The van der Waals surface area contributed by atoms with Gasteiger partial charge in [0.15, 0.2) is 5.13 Å². The van der Waals surface area contributed by atoms with Crippen LogP contribution in [0.2, 0.25) is 5.02 Å². The second-order valence-electron chi connectivity index (χ2n) is 9.93. The van der Waals surface area contributed by atoms with Crippen molar-refractivity contribution in [1.29, 1.82) is 0 Å². The summed E-state index contributed by atoms with van der Waals surface area (Å²) < 4.78 is 5.34. The topological polar surface area (TPSA) is 109 Å². The number of nitrogens with one attached hydrogen (secondary N) is 1. The highest BCUT2D eigenvalue weighted by atomic mass is 35.5. The van der Waals surface area contributed by atoms with Crippen molar-refractivity contribution >= 4 is 45.9 Å². The van der Waals surface area contributed by atoms with Crippen LogP contribution in [0.25, 0.3) is 11.3 Å². The van der Waals surface area contributed by atoms with Crippen LogP contribution in [0, 0.1) is 0 Å². The number of carbonyl (C=O) groups excluding carboxylic acids is 2. The first-order chi connectivity index (χ1) is 17.0. The largest absolute Gasteiger partial charge is 0.480 e. The number of aromatic nitrogens is 1. The molecule has 1 aromatic carbocycles. The number of benzene rings is 1. The molecule has 1 aliphatic carbocycles. The number of hydrogen-bond acceptors (Lipinski definition) is 7. The Morgan fingerprint density at radius 3 is 2.58 bits per heavy atom. The molecule has 1 atom stereocenters. The molecule has 1 heterocycles. The third kappa shape index (κ3) is 7.93. The number of esters is 1. The standard InChI is InChI=1S/C26H34ClN3O5S/c1-26(2,3)35-23(32)15-21(24(33)34)30(17-9-4-5-10-17)22(31)13-8-14-28-25-29-20(16-36-25)18-11-6-7-12-19(18)27/h6-7,11-12,16-17,21H,4-5,8-10,13-15H2,1-3H3,(H,28,29)(H,33,34). The molecule has 2 N–H and O–H groups in total. The predicted molar refractivity (Wildman–Crippen MR) is 141 cm³/mol. The fourth-order valence-electron chi connectivity index (χ4n) is 4.37. The molecule has 1 aliphatic rings. The molecule has 0 saturated heterocycles. The van der Waals surface area contributed by atoms with Gasteiger partial charge in [0.1, 0.15) is 11.6 Å². The number of amides is 1. The fourth-order valence-corrected chi connectivity index (χ4v) is 5.34. The molecule has 0 spiro atoms. The highest BCUT2D eigenvalue weighted by molar-refractivity contribution is 7.14. The van der Waals surface area contributed by atoms with Gasteiger partial charge in [-0.25, -0.2) is 9.78 Å². The van der Waals surface area contributed by atoms with Gasteiger partial charge in [-0.1, -0.05) is 42.6 Å². The smallest absolute Gasteiger partial charge is 0.327 e. The van der Waals surface area contributed by atoms with Crippen molar-refractivity contribution in [3.63, 3.8) is 0 Å². The summed E-state index contributed by atoms with van der Waals surface area (Å²) in [5.74, 6) is -2.06. The number of aliphatic carboxylic acids is 1. The molecule has 0 radical (unpaired) electrons. The van der Waals surface area contributed by atoms with Crippen LogP contribution in [0.1, 0.15) is 65.7 Å². The lowest BCUT2D eigenvalue weighted by atomic mass is 10.1. The molecule has 10 heteroatoms. The van der Waals surface area contributed by atoms with Gasteiger partial charge in [0, 0.05) is 35.0 Å². The normalized spacial score (nSPS) is 14.9. The van der Waals surface area contributed by atoms with Crippen molar-refractivity contribution in [2.75, 3.05) is 11.9 Å². The predicted octanol–water partition coefficient (Wildman–Crippen LogP) is 5.61. The number of hydrogen-bond donors (Lipinski definition) is 2. The van der Waals surface area contributed by atoms with E-state index in [0.29, 0.717) is 18.0 Å². The summed E-state index contributed by atoms with van der Waals surface area (Å²) >= 11 is 7.71. The van der Waals surface area contributed by atoms with E-state index >= 15 is 0 Å². The van der Waals surface area contributed by atoms with Gasteiger partial charge in [0.05, 0.1) is 12.1 Å². The molecule has 1 saturated carbocycles. The lowest BCUT2D eigenvalue weighted by Gasteiger charge is -2.34. The first-order valence-electron chi connectivity index (χ1n) is 12.3. The van der Waals surface area contributed by atoms with Gasteiger partial charge in [-0.15, -0.1) is 11.3 Å². The third-order valence-corrected chi connectivity index (χ3v) is 7.03. The van der Waals surface area contributed by atoms with Crippen LogP contribution in [0.3, 0.4) is 0 Å². The minimum atomic E-state index is -1.24. The van der Waals surface area contributed by atoms with Crippen molar-refractivity contribution in [1.82, 2.24) is 9.88 Å². The Kier molecular flexibility index (Phi) is 9.73. The summed E-state index contributed by atoms with van der Waals surface area (Å²) in [7, 11) is 0. The second kappa shape index (κ2) is 12.5. The number of carboxylic acids is 1. The minimum Gasteiger partial charge on any atom is -0.480 e. The van der Waals surface area contributed by atoms with Crippen molar-refractivity contribution < 1.29 is 24.2 Å². The molecule has 36 heavy (non-hydrogen) atoms. The molecule has 0 bridgehead atoms. The van der Waals surface area contributed by atoms with E-state index in [1.54, 1.807) is 20.8 Å². The SMILES string of the molecule is CC(C)(C)OC(=O)CC(C(=O)O)N(C(=O)CCCNc1nc(-c2ccccc2Cl)cs1)C1CCCC1. The Labute approximate surface area is 221 Å². The Balaban J connectivity index is 1.59. The van der Waals surface area contributed by atoms with Crippen molar-refractivity contribution in [3.05, 3.63) is 34.7 Å². The zero-order valence-corrected chi connectivity index (χ0v) is 22.5.